The molecule has 0 bridgehead atoms. The van der Waals surface area contributed by atoms with Crippen LogP contribution in [0.3, 0.4) is 0 Å². The van der Waals surface area contributed by atoms with Gasteiger partial charge < -0.3 is 11.1 Å². The summed E-state index contributed by atoms with van der Waals surface area (Å²) in [6, 6.07) is 9.69. The van der Waals surface area contributed by atoms with Gasteiger partial charge >= 0.3 is 0 Å². The lowest BCUT2D eigenvalue weighted by atomic mass is 10.2. The molecule has 0 atom stereocenters. The van der Waals surface area contributed by atoms with Crippen LogP contribution in [0.25, 0.3) is 0 Å². The molecule has 2 aromatic rings. The smallest absolute Gasteiger partial charge is 0.0455 e. The number of anilines is 1. The maximum Gasteiger partial charge on any atom is 0.0455 e. The number of aromatic nitrogens is 1. The molecule has 3 nitrogen and oxygen atoms in total. The van der Waals surface area contributed by atoms with Crippen molar-refractivity contribution in [2.24, 2.45) is 5.73 Å². The second-order valence-corrected chi connectivity index (χ2v) is 4.09. The molecule has 1 heterocycles. The molecule has 0 aliphatic heterocycles. The lowest BCUT2D eigenvalue weighted by molar-refractivity contribution is 1.03. The summed E-state index contributed by atoms with van der Waals surface area (Å²) in [6.07, 6.45) is 3.52. The zero-order chi connectivity index (χ0) is 12.1. The molecule has 0 amide bonds. The van der Waals surface area contributed by atoms with Crippen molar-refractivity contribution in [3.05, 3.63) is 58.9 Å². The van der Waals surface area contributed by atoms with Crippen molar-refractivity contribution in [1.82, 2.24) is 4.98 Å². The van der Waals surface area contributed by atoms with Gasteiger partial charge in [0.15, 0.2) is 0 Å². The Morgan fingerprint density at radius 3 is 2.76 bits per heavy atom. The van der Waals surface area contributed by atoms with Crippen LogP contribution in [0.4, 0.5) is 5.69 Å². The Morgan fingerprint density at radius 1 is 1.18 bits per heavy atom. The number of hydrogen-bond acceptors (Lipinski definition) is 3. The van der Waals surface area contributed by atoms with Gasteiger partial charge in [-0.2, -0.15) is 0 Å². The number of rotatable bonds is 4. The predicted molar refractivity (Wildman–Crippen MR) is 70.9 cm³/mol. The van der Waals surface area contributed by atoms with Gasteiger partial charge in [0.1, 0.15) is 0 Å². The first-order chi connectivity index (χ1) is 8.31. The van der Waals surface area contributed by atoms with Crippen LogP contribution in [0.2, 0.25) is 5.02 Å². The number of nitrogens with one attached hydrogen (secondary N) is 1. The summed E-state index contributed by atoms with van der Waals surface area (Å²) in [6.45, 7) is 1.15. The van der Waals surface area contributed by atoms with Crippen molar-refractivity contribution in [1.29, 1.82) is 0 Å². The van der Waals surface area contributed by atoms with Crippen molar-refractivity contribution in [2.45, 2.75) is 13.1 Å². The first kappa shape index (κ1) is 11.9. The normalized spacial score (nSPS) is 10.2. The van der Waals surface area contributed by atoms with Crippen LogP contribution in [0, 0.1) is 0 Å². The molecule has 0 radical (unpaired) electrons. The Morgan fingerprint density at radius 2 is 2.00 bits per heavy atom. The maximum atomic E-state index is 6.09. The molecule has 4 heteroatoms. The number of benzene rings is 1. The highest BCUT2D eigenvalue weighted by molar-refractivity contribution is 6.31. The number of nitrogens with two attached hydrogens (primary N) is 1. The van der Waals surface area contributed by atoms with Crippen LogP contribution in [0.5, 0.6) is 0 Å². The van der Waals surface area contributed by atoms with Gasteiger partial charge in [-0.15, -0.1) is 0 Å². The van der Waals surface area contributed by atoms with E-state index in [9.17, 15) is 0 Å². The SMILES string of the molecule is NCc1cnccc1NCc1ccccc1Cl. The van der Waals surface area contributed by atoms with E-state index in [-0.39, 0.29) is 0 Å². The third-order valence-corrected chi connectivity index (χ3v) is 2.92. The summed E-state index contributed by atoms with van der Waals surface area (Å²) >= 11 is 6.09. The third-order valence-electron chi connectivity index (χ3n) is 2.55. The van der Waals surface area contributed by atoms with Gasteiger partial charge in [-0.05, 0) is 17.7 Å². The van der Waals surface area contributed by atoms with Crippen LogP contribution >= 0.6 is 11.6 Å². The van der Waals surface area contributed by atoms with E-state index in [0.29, 0.717) is 13.1 Å². The molecule has 0 aliphatic carbocycles. The molecule has 17 heavy (non-hydrogen) atoms. The van der Waals surface area contributed by atoms with E-state index < -0.39 is 0 Å². The van der Waals surface area contributed by atoms with Crippen LogP contribution in [0.1, 0.15) is 11.1 Å². The highest BCUT2D eigenvalue weighted by Crippen LogP contribution is 2.18. The van der Waals surface area contributed by atoms with Crippen LogP contribution in [-0.4, -0.2) is 4.98 Å². The molecule has 2 rings (SSSR count). The van der Waals surface area contributed by atoms with E-state index in [4.69, 9.17) is 17.3 Å². The van der Waals surface area contributed by atoms with E-state index in [2.05, 4.69) is 10.3 Å². The molecule has 88 valence electrons. The van der Waals surface area contributed by atoms with Gasteiger partial charge in [-0.3, -0.25) is 4.98 Å². The van der Waals surface area contributed by atoms with E-state index in [0.717, 1.165) is 21.8 Å². The van der Waals surface area contributed by atoms with Crippen LogP contribution < -0.4 is 11.1 Å². The van der Waals surface area contributed by atoms with Crippen molar-refractivity contribution >= 4 is 17.3 Å². The third kappa shape index (κ3) is 2.96. The summed E-state index contributed by atoms with van der Waals surface area (Å²) in [7, 11) is 0. The van der Waals surface area contributed by atoms with Gasteiger partial charge in [-0.1, -0.05) is 29.8 Å². The number of nitrogens with zero attached hydrogens (tertiary/aromatic N) is 1. The van der Waals surface area contributed by atoms with Crippen LogP contribution in [-0.2, 0) is 13.1 Å². The van der Waals surface area contributed by atoms with Crippen LogP contribution in [0.15, 0.2) is 42.7 Å². The quantitative estimate of drug-likeness (QED) is 0.874. The molecule has 0 fully saturated rings. The maximum absolute atomic E-state index is 6.09. The average molecular weight is 248 g/mol. The molecular formula is C13H14ClN3. The predicted octanol–water partition coefficient (Wildman–Crippen LogP) is 2.81. The summed E-state index contributed by atoms with van der Waals surface area (Å²) in [4.78, 5) is 4.04. The fourth-order valence-electron chi connectivity index (χ4n) is 1.59. The van der Waals surface area contributed by atoms with Crippen molar-refractivity contribution in [3.8, 4) is 0 Å². The molecule has 0 spiro atoms. The fraction of sp³-hybridized carbons (Fsp3) is 0.154. The zero-order valence-corrected chi connectivity index (χ0v) is 10.1. The Bertz CT molecular complexity index is 500. The second-order valence-electron chi connectivity index (χ2n) is 3.68. The molecule has 1 aromatic carbocycles. The summed E-state index contributed by atoms with van der Waals surface area (Å²) in [5, 5.41) is 4.08. The first-order valence-electron chi connectivity index (χ1n) is 5.41. The summed E-state index contributed by atoms with van der Waals surface area (Å²) in [5.74, 6) is 0. The topological polar surface area (TPSA) is 50.9 Å². The highest BCUT2D eigenvalue weighted by Gasteiger charge is 2.02. The average Bonchev–Trinajstić information content (AvgIpc) is 2.38. The minimum Gasteiger partial charge on any atom is -0.381 e. The monoisotopic (exact) mass is 247 g/mol. The largest absolute Gasteiger partial charge is 0.381 e. The van der Waals surface area contributed by atoms with Gasteiger partial charge in [-0.25, -0.2) is 0 Å². The Labute approximate surface area is 106 Å². The van der Waals surface area contributed by atoms with Gasteiger partial charge in [0.05, 0.1) is 0 Å². The van der Waals surface area contributed by atoms with E-state index in [1.807, 2.05) is 30.3 Å². The Balaban J connectivity index is 2.10. The Kier molecular flexibility index (Phi) is 3.96. The highest BCUT2D eigenvalue weighted by atomic mass is 35.5. The first-order valence-corrected chi connectivity index (χ1v) is 5.79. The minimum atomic E-state index is 0.471. The van der Waals surface area contributed by atoms with E-state index in [1.165, 1.54) is 0 Å². The standard InChI is InChI=1S/C13H14ClN3/c14-12-4-2-1-3-10(12)9-17-13-5-6-16-8-11(13)7-15/h1-6,8H,7,9,15H2,(H,16,17). The van der Waals surface area contributed by atoms with Crippen molar-refractivity contribution in [2.75, 3.05) is 5.32 Å². The summed E-state index contributed by atoms with van der Waals surface area (Å²) in [5.41, 5.74) is 8.71. The molecule has 0 unspecified atom stereocenters. The summed E-state index contributed by atoms with van der Waals surface area (Å²) < 4.78 is 0. The zero-order valence-electron chi connectivity index (χ0n) is 9.36. The number of pyridine rings is 1. The lowest BCUT2D eigenvalue weighted by Gasteiger charge is -2.11. The lowest BCUT2D eigenvalue weighted by Crippen LogP contribution is -2.06. The number of halogens is 1. The molecule has 3 N–H and O–H groups in total. The molecule has 0 saturated heterocycles. The van der Waals surface area contributed by atoms with Gasteiger partial charge in [0.2, 0.25) is 0 Å². The van der Waals surface area contributed by atoms with Gasteiger partial charge in [0.25, 0.3) is 0 Å². The number of hydrogen-bond donors (Lipinski definition) is 2. The van der Waals surface area contributed by atoms with E-state index in [1.54, 1.807) is 12.4 Å². The van der Waals surface area contributed by atoms with Gasteiger partial charge in [0, 0.05) is 41.8 Å². The van der Waals surface area contributed by atoms with Crippen molar-refractivity contribution in [3.63, 3.8) is 0 Å². The second kappa shape index (κ2) is 5.66. The molecule has 0 aliphatic rings. The fourth-order valence-corrected chi connectivity index (χ4v) is 1.80. The van der Waals surface area contributed by atoms with E-state index >= 15 is 0 Å². The Hall–Kier alpha value is -1.58. The molecule has 0 saturated carbocycles. The minimum absolute atomic E-state index is 0.471. The molecular weight excluding hydrogens is 234 g/mol. The van der Waals surface area contributed by atoms with Crippen molar-refractivity contribution < 1.29 is 0 Å². The molecule has 1 aromatic heterocycles.